The lowest BCUT2D eigenvalue weighted by Crippen LogP contribution is -2.48. The maximum absolute atomic E-state index is 12.7. The van der Waals surface area contributed by atoms with Gasteiger partial charge in [-0.15, -0.1) is 0 Å². The van der Waals surface area contributed by atoms with Gasteiger partial charge in [-0.05, 0) is 25.3 Å². The molecule has 3 rings (SSSR count). The number of amides is 2. The lowest BCUT2D eigenvalue weighted by atomic mass is 10.0. The predicted octanol–water partition coefficient (Wildman–Crippen LogP) is 1.28. The average molecular weight is 306 g/mol. The molecule has 0 aliphatic carbocycles. The summed E-state index contributed by atoms with van der Waals surface area (Å²) >= 11 is 0. The van der Waals surface area contributed by atoms with Crippen LogP contribution in [0.25, 0.3) is 0 Å². The van der Waals surface area contributed by atoms with Gasteiger partial charge in [-0.1, -0.05) is 6.92 Å². The summed E-state index contributed by atoms with van der Waals surface area (Å²) in [6.07, 6.45) is 5.67. The molecule has 0 N–H and O–H groups in total. The fourth-order valence-corrected chi connectivity index (χ4v) is 3.29. The van der Waals surface area contributed by atoms with Crippen LogP contribution in [-0.4, -0.2) is 63.9 Å². The van der Waals surface area contributed by atoms with E-state index in [1.54, 1.807) is 15.8 Å². The largest absolute Gasteiger partial charge is 0.448 e. The van der Waals surface area contributed by atoms with E-state index in [9.17, 15) is 9.59 Å². The first kappa shape index (κ1) is 14.9. The third-order valence-electron chi connectivity index (χ3n) is 4.53. The number of ether oxygens (including phenoxy) is 1. The van der Waals surface area contributed by atoms with Crippen LogP contribution in [0.2, 0.25) is 0 Å². The third kappa shape index (κ3) is 2.80. The zero-order valence-corrected chi connectivity index (χ0v) is 12.9. The van der Waals surface area contributed by atoms with Crippen molar-refractivity contribution in [2.24, 2.45) is 0 Å². The van der Waals surface area contributed by atoms with Crippen LogP contribution >= 0.6 is 0 Å². The Morgan fingerprint density at radius 2 is 2.18 bits per heavy atom. The van der Waals surface area contributed by atoms with E-state index >= 15 is 0 Å². The number of hydrogen-bond acceptors (Lipinski definition) is 4. The molecule has 1 aromatic heterocycles. The van der Waals surface area contributed by atoms with Crippen molar-refractivity contribution in [3.63, 3.8) is 0 Å². The van der Waals surface area contributed by atoms with E-state index in [0.29, 0.717) is 26.2 Å². The van der Waals surface area contributed by atoms with Gasteiger partial charge in [-0.25, -0.2) is 4.79 Å². The number of aromatic nitrogens is 2. The third-order valence-corrected chi connectivity index (χ3v) is 4.53. The molecule has 120 valence electrons. The molecule has 0 spiro atoms. The van der Waals surface area contributed by atoms with Gasteiger partial charge in [0.1, 0.15) is 12.6 Å². The van der Waals surface area contributed by atoms with Crippen molar-refractivity contribution in [3.05, 3.63) is 18.5 Å². The molecule has 2 aliphatic rings. The van der Waals surface area contributed by atoms with Crippen LogP contribution in [0.1, 0.15) is 32.2 Å². The molecule has 7 heteroatoms. The van der Waals surface area contributed by atoms with Crippen LogP contribution in [0, 0.1) is 0 Å². The van der Waals surface area contributed by atoms with Crippen molar-refractivity contribution < 1.29 is 14.3 Å². The molecular formula is C15H22N4O3. The van der Waals surface area contributed by atoms with Gasteiger partial charge >= 0.3 is 6.09 Å². The van der Waals surface area contributed by atoms with Crippen LogP contribution in [-0.2, 0) is 9.53 Å². The molecule has 2 aliphatic heterocycles. The van der Waals surface area contributed by atoms with Crippen LogP contribution in [0.4, 0.5) is 4.79 Å². The Morgan fingerprint density at radius 3 is 2.73 bits per heavy atom. The average Bonchev–Trinajstić information content (AvgIpc) is 3.20. The minimum absolute atomic E-state index is 0.119. The van der Waals surface area contributed by atoms with Crippen molar-refractivity contribution in [2.45, 2.75) is 38.3 Å². The quantitative estimate of drug-likeness (QED) is 0.840. The van der Waals surface area contributed by atoms with Gasteiger partial charge in [0.25, 0.3) is 0 Å². The van der Waals surface area contributed by atoms with Gasteiger partial charge in [0.2, 0.25) is 5.91 Å². The summed E-state index contributed by atoms with van der Waals surface area (Å²) in [5.41, 5.74) is 0. The number of carbonyl (C=O) groups is 2. The SMILES string of the molecule is CC[C@@H](C(=O)N1CCC(N2CCOC2=O)CC1)n1cccn1. The van der Waals surface area contributed by atoms with Gasteiger partial charge in [0, 0.05) is 31.5 Å². The fourth-order valence-electron chi connectivity index (χ4n) is 3.29. The molecule has 2 saturated heterocycles. The predicted molar refractivity (Wildman–Crippen MR) is 79.2 cm³/mol. The van der Waals surface area contributed by atoms with Gasteiger partial charge in [0.15, 0.2) is 0 Å². The first-order valence-electron chi connectivity index (χ1n) is 7.92. The molecule has 0 bridgehead atoms. The summed E-state index contributed by atoms with van der Waals surface area (Å²) in [6.45, 7) is 4.52. The Balaban J connectivity index is 1.58. The Kier molecular flexibility index (Phi) is 4.31. The molecule has 1 aromatic rings. The molecule has 2 fully saturated rings. The minimum atomic E-state index is -0.233. The first-order chi connectivity index (χ1) is 10.7. The summed E-state index contributed by atoms with van der Waals surface area (Å²) in [4.78, 5) is 28.0. The monoisotopic (exact) mass is 306 g/mol. The van der Waals surface area contributed by atoms with Gasteiger partial charge < -0.3 is 14.5 Å². The number of nitrogens with zero attached hydrogens (tertiary/aromatic N) is 4. The highest BCUT2D eigenvalue weighted by molar-refractivity contribution is 5.80. The number of likely N-dealkylation sites (tertiary alicyclic amines) is 1. The lowest BCUT2D eigenvalue weighted by molar-refractivity contribution is -0.136. The maximum atomic E-state index is 12.7. The van der Waals surface area contributed by atoms with E-state index < -0.39 is 0 Å². The number of hydrogen-bond donors (Lipinski definition) is 0. The highest BCUT2D eigenvalue weighted by Crippen LogP contribution is 2.22. The number of piperidine rings is 1. The van der Waals surface area contributed by atoms with E-state index in [1.165, 1.54) is 0 Å². The zero-order valence-electron chi connectivity index (χ0n) is 12.9. The van der Waals surface area contributed by atoms with Crippen LogP contribution in [0.3, 0.4) is 0 Å². The Hall–Kier alpha value is -2.05. The minimum Gasteiger partial charge on any atom is -0.448 e. The van der Waals surface area contributed by atoms with Crippen molar-refractivity contribution >= 4 is 12.0 Å². The lowest BCUT2D eigenvalue weighted by Gasteiger charge is -2.36. The smallest absolute Gasteiger partial charge is 0.410 e. The summed E-state index contributed by atoms with van der Waals surface area (Å²) in [5.74, 6) is 0.119. The van der Waals surface area contributed by atoms with Crippen molar-refractivity contribution in [1.29, 1.82) is 0 Å². The maximum Gasteiger partial charge on any atom is 0.410 e. The molecule has 0 saturated carbocycles. The second-order valence-electron chi connectivity index (χ2n) is 5.77. The number of cyclic esters (lactones) is 1. The van der Waals surface area contributed by atoms with Crippen LogP contribution < -0.4 is 0 Å². The number of rotatable bonds is 4. The molecule has 22 heavy (non-hydrogen) atoms. The molecule has 2 amide bonds. The van der Waals surface area contributed by atoms with E-state index in [4.69, 9.17) is 4.74 Å². The normalized spacial score (nSPS) is 21.0. The van der Waals surface area contributed by atoms with Gasteiger partial charge in [0.05, 0.1) is 6.54 Å². The van der Waals surface area contributed by atoms with Gasteiger partial charge in [-0.3, -0.25) is 9.48 Å². The summed E-state index contributed by atoms with van der Waals surface area (Å²) in [5, 5.41) is 4.19. The first-order valence-corrected chi connectivity index (χ1v) is 7.92. The highest BCUT2D eigenvalue weighted by Gasteiger charge is 2.34. The van der Waals surface area contributed by atoms with E-state index in [2.05, 4.69) is 5.10 Å². The Morgan fingerprint density at radius 1 is 1.41 bits per heavy atom. The molecule has 0 unspecified atom stereocenters. The fraction of sp³-hybridized carbons (Fsp3) is 0.667. The zero-order chi connectivity index (χ0) is 15.5. The Labute approximate surface area is 129 Å². The van der Waals surface area contributed by atoms with Gasteiger partial charge in [-0.2, -0.15) is 5.10 Å². The van der Waals surface area contributed by atoms with Crippen molar-refractivity contribution in [1.82, 2.24) is 19.6 Å². The molecule has 0 aromatic carbocycles. The van der Waals surface area contributed by atoms with E-state index in [1.807, 2.05) is 24.1 Å². The Bertz CT molecular complexity index is 523. The molecular weight excluding hydrogens is 284 g/mol. The van der Waals surface area contributed by atoms with Crippen molar-refractivity contribution in [3.8, 4) is 0 Å². The van der Waals surface area contributed by atoms with Crippen molar-refractivity contribution in [2.75, 3.05) is 26.2 Å². The standard InChI is InChI=1S/C15H22N4O3/c1-2-13(19-7-3-6-16-19)14(20)17-8-4-12(5-9-17)18-10-11-22-15(18)21/h3,6-7,12-13H,2,4-5,8-11H2,1H3/t13-/m0/s1. The molecule has 7 nitrogen and oxygen atoms in total. The second kappa shape index (κ2) is 6.37. The molecule has 0 radical (unpaired) electrons. The number of carbonyl (C=O) groups excluding carboxylic acids is 2. The summed E-state index contributed by atoms with van der Waals surface area (Å²) in [6, 6.07) is 1.80. The second-order valence-corrected chi connectivity index (χ2v) is 5.77. The van der Waals surface area contributed by atoms with E-state index in [0.717, 1.165) is 19.3 Å². The molecule has 3 heterocycles. The highest BCUT2D eigenvalue weighted by atomic mass is 16.6. The summed E-state index contributed by atoms with van der Waals surface area (Å²) < 4.78 is 6.72. The molecule has 1 atom stereocenters. The summed E-state index contributed by atoms with van der Waals surface area (Å²) in [7, 11) is 0. The van der Waals surface area contributed by atoms with Crippen LogP contribution in [0.15, 0.2) is 18.5 Å². The topological polar surface area (TPSA) is 67.7 Å². The van der Waals surface area contributed by atoms with Crippen LogP contribution in [0.5, 0.6) is 0 Å². The van der Waals surface area contributed by atoms with E-state index in [-0.39, 0.29) is 24.1 Å².